The maximum atomic E-state index is 10.6. The van der Waals surface area contributed by atoms with Crippen LogP contribution in [0.5, 0.6) is 0 Å². The molecule has 2 N–H and O–H groups in total. The highest BCUT2D eigenvalue weighted by atomic mass is 16.4. The molecule has 0 saturated heterocycles. The van der Waals surface area contributed by atoms with Crippen LogP contribution in [-0.4, -0.2) is 22.2 Å². The van der Waals surface area contributed by atoms with Crippen LogP contribution >= 0.6 is 0 Å². The zero-order valence-corrected chi connectivity index (χ0v) is 7.12. The fraction of sp³-hybridized carbons (Fsp3) is 0.250. The molecule has 0 unspecified atom stereocenters. The van der Waals surface area contributed by atoms with Crippen molar-refractivity contribution in [2.75, 3.05) is 0 Å². The van der Waals surface area contributed by atoms with Crippen molar-refractivity contribution < 1.29 is 24.2 Å². The van der Waals surface area contributed by atoms with Crippen LogP contribution in [-0.2, 0) is 0 Å². The van der Waals surface area contributed by atoms with Gasteiger partial charge in [0.25, 0.3) is 0 Å². The number of hydrogen-bond acceptors (Lipinski definition) is 3. The molecule has 1 rings (SSSR count). The Bertz CT molecular complexity index is 374. The molecular formula is C8H8O5. The van der Waals surface area contributed by atoms with Crippen LogP contribution in [0.3, 0.4) is 0 Å². The first kappa shape index (κ1) is 9.31. The third-order valence-corrected chi connectivity index (χ3v) is 1.73. The number of hydrogen-bond donors (Lipinski definition) is 2. The van der Waals surface area contributed by atoms with Gasteiger partial charge in [-0.1, -0.05) is 0 Å². The summed E-state index contributed by atoms with van der Waals surface area (Å²) in [6.07, 6.45) is 0. The number of carboxylic acids is 2. The summed E-state index contributed by atoms with van der Waals surface area (Å²) in [5.41, 5.74) is 0.0786. The summed E-state index contributed by atoms with van der Waals surface area (Å²) in [4.78, 5) is 21.1. The fourth-order valence-corrected chi connectivity index (χ4v) is 1.17. The Balaban J connectivity index is 3.39. The number of carbonyl (C=O) groups is 2. The van der Waals surface area contributed by atoms with E-state index in [4.69, 9.17) is 14.6 Å². The van der Waals surface area contributed by atoms with Gasteiger partial charge in [0.2, 0.25) is 5.76 Å². The molecule has 5 nitrogen and oxygen atoms in total. The summed E-state index contributed by atoms with van der Waals surface area (Å²) < 4.78 is 4.79. The standard InChI is InChI=1S/C8H8O5/c1-3-5(7(9)10)4(2)13-6(3)8(11)12/h1-2H3,(H,9,10)(H,11,12). The number of rotatable bonds is 2. The molecule has 0 fully saturated rings. The summed E-state index contributed by atoms with van der Waals surface area (Å²) in [5.74, 6) is -2.63. The lowest BCUT2D eigenvalue weighted by molar-refractivity contribution is 0.0656. The molecular weight excluding hydrogens is 176 g/mol. The van der Waals surface area contributed by atoms with Crippen molar-refractivity contribution in [3.05, 3.63) is 22.6 Å². The Morgan fingerprint density at radius 3 is 1.92 bits per heavy atom. The molecule has 1 aromatic rings. The van der Waals surface area contributed by atoms with Crippen molar-refractivity contribution in [3.63, 3.8) is 0 Å². The van der Waals surface area contributed by atoms with Crippen molar-refractivity contribution in [1.82, 2.24) is 0 Å². The van der Waals surface area contributed by atoms with Gasteiger partial charge < -0.3 is 14.6 Å². The summed E-state index contributed by atoms with van der Waals surface area (Å²) >= 11 is 0. The van der Waals surface area contributed by atoms with E-state index < -0.39 is 11.9 Å². The van der Waals surface area contributed by atoms with Crippen LogP contribution in [0.4, 0.5) is 0 Å². The average Bonchev–Trinajstić information content (AvgIpc) is 2.26. The Kier molecular flexibility index (Phi) is 2.10. The van der Waals surface area contributed by atoms with Crippen LogP contribution in [0.15, 0.2) is 4.42 Å². The Hall–Kier alpha value is -1.78. The van der Waals surface area contributed by atoms with Gasteiger partial charge in [-0.05, 0) is 13.8 Å². The highest BCUT2D eigenvalue weighted by molar-refractivity contribution is 5.95. The number of aromatic carboxylic acids is 2. The number of carboxylic acid groups (broad SMARTS) is 2. The molecule has 0 saturated carbocycles. The minimum absolute atomic E-state index is 0.0719. The Morgan fingerprint density at radius 1 is 1.15 bits per heavy atom. The third kappa shape index (κ3) is 1.40. The van der Waals surface area contributed by atoms with Crippen molar-refractivity contribution >= 4 is 11.9 Å². The van der Waals surface area contributed by atoms with Gasteiger partial charge in [-0.25, -0.2) is 9.59 Å². The lowest BCUT2D eigenvalue weighted by Crippen LogP contribution is -2.01. The molecule has 5 heteroatoms. The smallest absolute Gasteiger partial charge is 0.372 e. The van der Waals surface area contributed by atoms with Gasteiger partial charge >= 0.3 is 11.9 Å². The van der Waals surface area contributed by atoms with Gasteiger partial charge in [0, 0.05) is 5.56 Å². The molecule has 0 radical (unpaired) electrons. The SMILES string of the molecule is Cc1oc(C(=O)O)c(C)c1C(=O)O. The minimum Gasteiger partial charge on any atom is -0.478 e. The molecule has 0 aliphatic rings. The monoisotopic (exact) mass is 184 g/mol. The zero-order valence-electron chi connectivity index (χ0n) is 7.12. The largest absolute Gasteiger partial charge is 0.478 e. The minimum atomic E-state index is -1.26. The second-order valence-corrected chi connectivity index (χ2v) is 2.60. The number of aryl methyl sites for hydroxylation is 1. The van der Waals surface area contributed by atoms with E-state index >= 15 is 0 Å². The van der Waals surface area contributed by atoms with Crippen molar-refractivity contribution in [2.45, 2.75) is 13.8 Å². The van der Waals surface area contributed by atoms with Crippen LogP contribution in [0.2, 0.25) is 0 Å². The lowest BCUT2D eigenvalue weighted by atomic mass is 10.1. The van der Waals surface area contributed by atoms with E-state index in [0.29, 0.717) is 0 Å². The first-order valence-corrected chi connectivity index (χ1v) is 3.51. The normalized spacial score (nSPS) is 10.0. The molecule has 0 spiro atoms. The Morgan fingerprint density at radius 2 is 1.69 bits per heavy atom. The second-order valence-electron chi connectivity index (χ2n) is 2.60. The lowest BCUT2D eigenvalue weighted by Gasteiger charge is -1.90. The summed E-state index contributed by atoms with van der Waals surface area (Å²) in [5, 5.41) is 17.3. The van der Waals surface area contributed by atoms with E-state index in [0.717, 1.165) is 0 Å². The zero-order chi connectivity index (χ0) is 10.2. The molecule has 0 amide bonds. The van der Waals surface area contributed by atoms with Gasteiger partial charge in [0.15, 0.2) is 0 Å². The van der Waals surface area contributed by atoms with Crippen molar-refractivity contribution in [1.29, 1.82) is 0 Å². The first-order chi connectivity index (χ1) is 5.95. The van der Waals surface area contributed by atoms with E-state index in [1.165, 1.54) is 13.8 Å². The van der Waals surface area contributed by atoms with Crippen LogP contribution in [0.1, 0.15) is 32.2 Å². The quantitative estimate of drug-likeness (QED) is 0.723. The average molecular weight is 184 g/mol. The summed E-state index contributed by atoms with van der Waals surface area (Å²) in [6.45, 7) is 2.83. The first-order valence-electron chi connectivity index (χ1n) is 3.51. The van der Waals surface area contributed by atoms with E-state index in [9.17, 15) is 9.59 Å². The number of furan rings is 1. The van der Waals surface area contributed by atoms with Gasteiger partial charge in [0.05, 0.1) is 0 Å². The van der Waals surface area contributed by atoms with E-state index in [1.807, 2.05) is 0 Å². The van der Waals surface area contributed by atoms with Gasteiger partial charge in [-0.3, -0.25) is 0 Å². The molecule has 70 valence electrons. The summed E-state index contributed by atoms with van der Waals surface area (Å²) in [6, 6.07) is 0. The van der Waals surface area contributed by atoms with Gasteiger partial charge in [0.1, 0.15) is 11.3 Å². The maximum Gasteiger partial charge on any atom is 0.372 e. The van der Waals surface area contributed by atoms with E-state index in [1.54, 1.807) is 0 Å². The molecule has 1 heterocycles. The van der Waals surface area contributed by atoms with E-state index in [-0.39, 0.29) is 22.6 Å². The third-order valence-electron chi connectivity index (χ3n) is 1.73. The molecule has 0 aliphatic carbocycles. The van der Waals surface area contributed by atoms with Crippen LogP contribution in [0.25, 0.3) is 0 Å². The molecule has 13 heavy (non-hydrogen) atoms. The molecule has 0 aromatic carbocycles. The van der Waals surface area contributed by atoms with Crippen LogP contribution < -0.4 is 0 Å². The van der Waals surface area contributed by atoms with Crippen molar-refractivity contribution in [2.24, 2.45) is 0 Å². The van der Waals surface area contributed by atoms with Gasteiger partial charge in [-0.2, -0.15) is 0 Å². The summed E-state index contributed by atoms with van der Waals surface area (Å²) in [7, 11) is 0. The topological polar surface area (TPSA) is 87.7 Å². The predicted octanol–water partition coefficient (Wildman–Crippen LogP) is 1.29. The van der Waals surface area contributed by atoms with Crippen molar-refractivity contribution in [3.8, 4) is 0 Å². The predicted molar refractivity (Wildman–Crippen MR) is 42.1 cm³/mol. The highest BCUT2D eigenvalue weighted by Crippen LogP contribution is 2.21. The van der Waals surface area contributed by atoms with Crippen LogP contribution in [0, 0.1) is 13.8 Å². The highest BCUT2D eigenvalue weighted by Gasteiger charge is 2.23. The Labute approximate surface area is 73.6 Å². The second kappa shape index (κ2) is 2.93. The van der Waals surface area contributed by atoms with Gasteiger partial charge in [-0.15, -0.1) is 0 Å². The molecule has 0 bridgehead atoms. The molecule has 0 atom stereocenters. The van der Waals surface area contributed by atoms with E-state index in [2.05, 4.69) is 0 Å². The molecule has 0 aliphatic heterocycles. The maximum absolute atomic E-state index is 10.6. The fourth-order valence-electron chi connectivity index (χ4n) is 1.17. The molecule has 1 aromatic heterocycles.